The number of fused-ring (bicyclic) bond motifs is 1. The minimum Gasteiger partial charge on any atom is -0.492 e. The Kier molecular flexibility index (Phi) is 9.47. The molecule has 0 aliphatic carbocycles. The van der Waals surface area contributed by atoms with E-state index in [-0.39, 0.29) is 48.8 Å². The van der Waals surface area contributed by atoms with E-state index >= 15 is 0 Å². The van der Waals surface area contributed by atoms with Gasteiger partial charge >= 0.3 is 0 Å². The number of carbonyl (C=O) groups excluding carboxylic acids is 1. The summed E-state index contributed by atoms with van der Waals surface area (Å²) in [6.45, 7) is 9.77. The maximum Gasteiger partial charge on any atom is 0.242 e. The molecule has 0 saturated heterocycles. The molecule has 0 saturated carbocycles. The van der Waals surface area contributed by atoms with E-state index in [4.69, 9.17) is 14.2 Å². The molecule has 0 aromatic heterocycles. The normalized spacial score (nSPS) is 12.8. The molecule has 0 radical (unpaired) electrons. The lowest BCUT2D eigenvalue weighted by Gasteiger charge is -2.20. The fourth-order valence-electron chi connectivity index (χ4n) is 2.26. The van der Waals surface area contributed by atoms with Gasteiger partial charge < -0.3 is 30.2 Å². The first kappa shape index (κ1) is 23.1. The molecule has 0 spiro atoms. The minimum absolute atomic E-state index is 0. The van der Waals surface area contributed by atoms with Crippen LogP contribution in [0.5, 0.6) is 17.2 Å². The Morgan fingerprint density at radius 3 is 2.67 bits per heavy atom. The molecule has 1 aliphatic heterocycles. The van der Waals surface area contributed by atoms with Crippen LogP contribution in [-0.2, 0) is 4.79 Å². The highest BCUT2D eigenvalue weighted by molar-refractivity contribution is 14.0. The second-order valence-electron chi connectivity index (χ2n) is 6.78. The molecule has 1 aromatic carbocycles. The molecule has 1 heterocycles. The van der Waals surface area contributed by atoms with E-state index in [1.54, 1.807) is 6.07 Å². The van der Waals surface area contributed by atoms with E-state index < -0.39 is 0 Å². The van der Waals surface area contributed by atoms with Crippen molar-refractivity contribution in [3.63, 3.8) is 0 Å². The highest BCUT2D eigenvalue weighted by atomic mass is 127. The van der Waals surface area contributed by atoms with Gasteiger partial charge in [0.1, 0.15) is 18.9 Å². The Bertz CT molecular complexity index is 647. The molecule has 0 unspecified atom stereocenters. The number of guanidine groups is 1. The van der Waals surface area contributed by atoms with Gasteiger partial charge in [0.2, 0.25) is 12.7 Å². The molecule has 1 amide bonds. The molecule has 0 bridgehead atoms. The van der Waals surface area contributed by atoms with Crippen LogP contribution in [0.25, 0.3) is 0 Å². The minimum atomic E-state index is -0.267. The summed E-state index contributed by atoms with van der Waals surface area (Å²) in [4.78, 5) is 16.1. The zero-order chi connectivity index (χ0) is 19.0. The SMILES string of the molecule is CCNC(=NCC(=O)NC(C)(C)C)NCCOc1ccc2c(c1)OCO2.I. The average Bonchev–Trinajstić information content (AvgIpc) is 3.02. The van der Waals surface area contributed by atoms with E-state index in [1.165, 1.54) is 0 Å². The number of benzene rings is 1. The highest BCUT2D eigenvalue weighted by Gasteiger charge is 2.14. The number of nitrogens with zero attached hydrogens (tertiary/aromatic N) is 1. The molecule has 2 rings (SSSR count). The molecule has 0 fully saturated rings. The van der Waals surface area contributed by atoms with Crippen LogP contribution in [-0.4, -0.2) is 50.4 Å². The summed E-state index contributed by atoms with van der Waals surface area (Å²) in [7, 11) is 0. The predicted octanol–water partition coefficient (Wildman–Crippen LogP) is 1.88. The molecular weight excluding hydrogens is 463 g/mol. The second kappa shape index (κ2) is 11.1. The van der Waals surface area contributed by atoms with Gasteiger partial charge in [0.25, 0.3) is 0 Å². The zero-order valence-electron chi connectivity index (χ0n) is 16.3. The van der Waals surface area contributed by atoms with Gasteiger partial charge in [0.05, 0.1) is 6.54 Å². The lowest BCUT2D eigenvalue weighted by molar-refractivity contribution is -0.121. The van der Waals surface area contributed by atoms with Gasteiger partial charge in [-0.25, -0.2) is 4.99 Å². The van der Waals surface area contributed by atoms with Crippen LogP contribution in [0.4, 0.5) is 0 Å². The van der Waals surface area contributed by atoms with E-state index in [9.17, 15) is 4.79 Å². The lowest BCUT2D eigenvalue weighted by atomic mass is 10.1. The zero-order valence-corrected chi connectivity index (χ0v) is 18.6. The average molecular weight is 492 g/mol. The number of aliphatic imine (C=N–C) groups is 1. The van der Waals surface area contributed by atoms with Crippen molar-refractivity contribution >= 4 is 35.8 Å². The first-order valence-electron chi connectivity index (χ1n) is 8.73. The third-order valence-electron chi connectivity index (χ3n) is 3.25. The highest BCUT2D eigenvalue weighted by Crippen LogP contribution is 2.34. The van der Waals surface area contributed by atoms with Crippen molar-refractivity contribution < 1.29 is 19.0 Å². The van der Waals surface area contributed by atoms with E-state index in [0.717, 1.165) is 5.75 Å². The maximum atomic E-state index is 11.9. The Labute approximate surface area is 177 Å². The molecule has 0 atom stereocenters. The maximum absolute atomic E-state index is 11.9. The molecule has 27 heavy (non-hydrogen) atoms. The van der Waals surface area contributed by atoms with Crippen LogP contribution >= 0.6 is 24.0 Å². The number of rotatable bonds is 7. The van der Waals surface area contributed by atoms with E-state index in [0.29, 0.717) is 37.2 Å². The van der Waals surface area contributed by atoms with Crippen LogP contribution in [0.3, 0.4) is 0 Å². The van der Waals surface area contributed by atoms with Crippen molar-refractivity contribution in [3.8, 4) is 17.2 Å². The summed E-state index contributed by atoms with van der Waals surface area (Å²) in [6, 6.07) is 5.46. The monoisotopic (exact) mass is 492 g/mol. The summed E-state index contributed by atoms with van der Waals surface area (Å²) in [5.41, 5.74) is -0.267. The van der Waals surface area contributed by atoms with Gasteiger partial charge in [-0.1, -0.05) is 0 Å². The molecular formula is C18H29IN4O4. The summed E-state index contributed by atoms with van der Waals surface area (Å²) in [5, 5.41) is 9.12. The molecule has 3 N–H and O–H groups in total. The topological polar surface area (TPSA) is 93.2 Å². The van der Waals surface area contributed by atoms with Gasteiger partial charge in [-0.3, -0.25) is 4.79 Å². The molecule has 152 valence electrons. The van der Waals surface area contributed by atoms with Crippen molar-refractivity contribution in [2.45, 2.75) is 33.2 Å². The van der Waals surface area contributed by atoms with Crippen LogP contribution in [0.15, 0.2) is 23.2 Å². The number of hydrogen-bond acceptors (Lipinski definition) is 5. The predicted molar refractivity (Wildman–Crippen MR) is 115 cm³/mol. The fourth-order valence-corrected chi connectivity index (χ4v) is 2.26. The number of ether oxygens (including phenoxy) is 3. The Balaban J connectivity index is 0.00000364. The number of amides is 1. The molecule has 1 aromatic rings. The van der Waals surface area contributed by atoms with E-state index in [1.807, 2.05) is 39.8 Å². The number of halogens is 1. The number of nitrogens with one attached hydrogen (secondary N) is 3. The fraction of sp³-hybridized carbons (Fsp3) is 0.556. The third-order valence-corrected chi connectivity index (χ3v) is 3.25. The summed E-state index contributed by atoms with van der Waals surface area (Å²) in [5.74, 6) is 2.58. The van der Waals surface area contributed by atoms with Gasteiger partial charge in [-0.2, -0.15) is 0 Å². The van der Waals surface area contributed by atoms with Crippen LogP contribution in [0, 0.1) is 0 Å². The van der Waals surface area contributed by atoms with Crippen LogP contribution in [0.2, 0.25) is 0 Å². The number of carbonyl (C=O) groups is 1. The van der Waals surface area contributed by atoms with Crippen molar-refractivity contribution in [1.29, 1.82) is 0 Å². The largest absolute Gasteiger partial charge is 0.492 e. The first-order chi connectivity index (χ1) is 12.4. The van der Waals surface area contributed by atoms with Crippen LogP contribution < -0.4 is 30.2 Å². The Hall–Kier alpha value is -1.91. The smallest absolute Gasteiger partial charge is 0.242 e. The summed E-state index contributed by atoms with van der Waals surface area (Å²) >= 11 is 0. The van der Waals surface area contributed by atoms with Crippen molar-refractivity contribution in [2.24, 2.45) is 4.99 Å². The molecule has 1 aliphatic rings. The lowest BCUT2D eigenvalue weighted by Crippen LogP contribution is -2.43. The quantitative estimate of drug-likeness (QED) is 0.233. The standard InChI is InChI=1S/C18H28N4O4.HI/c1-5-19-17(21-11-16(23)22-18(2,3)4)20-8-9-24-13-6-7-14-15(10-13)26-12-25-14;/h6-7,10H,5,8-9,11-12H2,1-4H3,(H,22,23)(H2,19,20,21);1H. The molecule has 8 nitrogen and oxygen atoms in total. The van der Waals surface area contributed by atoms with Crippen molar-refractivity contribution in [3.05, 3.63) is 18.2 Å². The molecule has 9 heteroatoms. The summed E-state index contributed by atoms with van der Waals surface area (Å²) < 4.78 is 16.3. The van der Waals surface area contributed by atoms with Gasteiger partial charge in [-0.05, 0) is 39.8 Å². The van der Waals surface area contributed by atoms with Crippen molar-refractivity contribution in [1.82, 2.24) is 16.0 Å². The first-order valence-corrected chi connectivity index (χ1v) is 8.73. The Morgan fingerprint density at radius 2 is 1.96 bits per heavy atom. The third kappa shape index (κ3) is 8.55. The van der Waals surface area contributed by atoms with Crippen molar-refractivity contribution in [2.75, 3.05) is 33.0 Å². The van der Waals surface area contributed by atoms with Crippen LogP contribution in [0.1, 0.15) is 27.7 Å². The van der Waals surface area contributed by atoms with Gasteiger partial charge in [0.15, 0.2) is 17.5 Å². The van der Waals surface area contributed by atoms with Gasteiger partial charge in [0, 0.05) is 18.2 Å². The number of hydrogen-bond donors (Lipinski definition) is 3. The van der Waals surface area contributed by atoms with E-state index in [2.05, 4.69) is 20.9 Å². The Morgan fingerprint density at radius 1 is 1.22 bits per heavy atom. The summed E-state index contributed by atoms with van der Waals surface area (Å²) in [6.07, 6.45) is 0. The second-order valence-corrected chi connectivity index (χ2v) is 6.78. The van der Waals surface area contributed by atoms with Gasteiger partial charge in [-0.15, -0.1) is 24.0 Å².